The largest absolute Gasteiger partial charge is 0.497 e. The van der Waals surface area contributed by atoms with Crippen molar-refractivity contribution in [2.45, 2.75) is 6.54 Å². The molecule has 0 saturated heterocycles. The van der Waals surface area contributed by atoms with E-state index in [0.29, 0.717) is 39.2 Å². The second kappa shape index (κ2) is 10.5. The standard InChI is InChI=1S/C33H23Cl2NO3/c1-38-22-18-16-21(17-19-22)20-36-27-12-4-2-8-23(27)31-24(9-6-13-28(31)36)33(37)32-26(35)11-7-15-30(32)39-29-14-5-3-10-25(29)34/h2-19H,20H2,1H3. The molecule has 6 heteroatoms. The van der Waals surface area contributed by atoms with Crippen LogP contribution in [0.15, 0.2) is 109 Å². The van der Waals surface area contributed by atoms with Crippen LogP contribution in [0, 0.1) is 0 Å². The Morgan fingerprint density at radius 3 is 2.18 bits per heavy atom. The Morgan fingerprint density at radius 2 is 1.38 bits per heavy atom. The van der Waals surface area contributed by atoms with Crippen LogP contribution in [0.1, 0.15) is 21.5 Å². The zero-order chi connectivity index (χ0) is 26.9. The lowest BCUT2D eigenvalue weighted by atomic mass is 9.97. The maximum atomic E-state index is 14.2. The summed E-state index contributed by atoms with van der Waals surface area (Å²) < 4.78 is 13.7. The van der Waals surface area contributed by atoms with E-state index in [1.807, 2.05) is 60.7 Å². The van der Waals surface area contributed by atoms with E-state index in [1.165, 1.54) is 0 Å². The Hall–Kier alpha value is -4.25. The number of hydrogen-bond acceptors (Lipinski definition) is 3. The van der Waals surface area contributed by atoms with E-state index >= 15 is 0 Å². The van der Waals surface area contributed by atoms with Crippen molar-refractivity contribution in [2.75, 3.05) is 7.11 Å². The van der Waals surface area contributed by atoms with Gasteiger partial charge in [-0.05, 0) is 54.1 Å². The summed E-state index contributed by atoms with van der Waals surface area (Å²) in [6, 6.07) is 34.3. The molecule has 0 bridgehead atoms. The van der Waals surface area contributed by atoms with Gasteiger partial charge in [0.15, 0.2) is 5.78 Å². The lowest BCUT2D eigenvalue weighted by Crippen LogP contribution is -2.06. The Bertz CT molecular complexity index is 1840. The number of hydrogen-bond donors (Lipinski definition) is 0. The normalized spacial score (nSPS) is 11.2. The minimum atomic E-state index is -0.222. The second-order valence-corrected chi connectivity index (χ2v) is 9.94. The minimum Gasteiger partial charge on any atom is -0.497 e. The van der Waals surface area contributed by atoms with Gasteiger partial charge in [0.25, 0.3) is 0 Å². The summed E-state index contributed by atoms with van der Waals surface area (Å²) in [7, 11) is 1.66. The Balaban J connectivity index is 1.50. The van der Waals surface area contributed by atoms with Crippen LogP contribution in [0.2, 0.25) is 10.0 Å². The molecular weight excluding hydrogens is 529 g/mol. The first-order valence-corrected chi connectivity index (χ1v) is 13.2. The van der Waals surface area contributed by atoms with Crippen LogP contribution >= 0.6 is 23.2 Å². The van der Waals surface area contributed by atoms with Crippen LogP contribution in [0.4, 0.5) is 0 Å². The van der Waals surface area contributed by atoms with Crippen molar-refractivity contribution < 1.29 is 14.3 Å². The van der Waals surface area contributed by atoms with Gasteiger partial charge in [-0.15, -0.1) is 0 Å². The smallest absolute Gasteiger partial charge is 0.198 e. The molecule has 6 rings (SSSR count). The van der Waals surface area contributed by atoms with Gasteiger partial charge in [-0.2, -0.15) is 0 Å². The molecule has 0 unspecified atom stereocenters. The molecule has 0 aliphatic rings. The number of aromatic nitrogens is 1. The van der Waals surface area contributed by atoms with Gasteiger partial charge in [0, 0.05) is 28.4 Å². The number of carbonyl (C=O) groups is 1. The number of benzene rings is 5. The van der Waals surface area contributed by atoms with Crippen molar-refractivity contribution in [3.63, 3.8) is 0 Å². The quantitative estimate of drug-likeness (QED) is 0.186. The molecule has 0 saturated carbocycles. The highest BCUT2D eigenvalue weighted by Gasteiger charge is 2.24. The summed E-state index contributed by atoms with van der Waals surface area (Å²) in [5.74, 6) is 1.38. The zero-order valence-corrected chi connectivity index (χ0v) is 22.5. The van der Waals surface area contributed by atoms with E-state index in [-0.39, 0.29) is 5.78 Å². The molecular formula is C33H23Cl2NO3. The number of methoxy groups -OCH3 is 1. The van der Waals surface area contributed by atoms with Crippen LogP contribution in [-0.4, -0.2) is 17.5 Å². The Kier molecular flexibility index (Phi) is 6.74. The number of carbonyl (C=O) groups excluding carboxylic acids is 1. The van der Waals surface area contributed by atoms with Crippen molar-refractivity contribution in [2.24, 2.45) is 0 Å². The summed E-state index contributed by atoms with van der Waals surface area (Å²) in [6.07, 6.45) is 0. The average molecular weight is 552 g/mol. The first kappa shape index (κ1) is 25.1. The van der Waals surface area contributed by atoms with Crippen molar-refractivity contribution in [3.8, 4) is 17.2 Å². The molecule has 0 atom stereocenters. The summed E-state index contributed by atoms with van der Waals surface area (Å²) in [5.41, 5.74) is 3.96. The van der Waals surface area contributed by atoms with Crippen LogP contribution < -0.4 is 9.47 Å². The topological polar surface area (TPSA) is 40.5 Å². The van der Waals surface area contributed by atoms with Gasteiger partial charge >= 0.3 is 0 Å². The van der Waals surface area contributed by atoms with Crippen LogP contribution in [0.5, 0.6) is 17.2 Å². The highest BCUT2D eigenvalue weighted by molar-refractivity contribution is 6.36. The van der Waals surface area contributed by atoms with Gasteiger partial charge in [0.05, 0.1) is 28.2 Å². The molecule has 5 aromatic carbocycles. The number of rotatable bonds is 7. The number of para-hydroxylation sites is 2. The van der Waals surface area contributed by atoms with E-state index in [4.69, 9.17) is 32.7 Å². The van der Waals surface area contributed by atoms with E-state index in [1.54, 1.807) is 37.4 Å². The Labute approximate surface area is 235 Å². The fourth-order valence-corrected chi connectivity index (χ4v) is 5.39. The summed E-state index contributed by atoms with van der Waals surface area (Å²) >= 11 is 13.0. The average Bonchev–Trinajstić information content (AvgIpc) is 3.28. The van der Waals surface area contributed by atoms with Gasteiger partial charge in [-0.25, -0.2) is 0 Å². The van der Waals surface area contributed by atoms with E-state index in [0.717, 1.165) is 33.1 Å². The van der Waals surface area contributed by atoms with E-state index in [2.05, 4.69) is 22.8 Å². The van der Waals surface area contributed by atoms with Crippen molar-refractivity contribution in [3.05, 3.63) is 136 Å². The van der Waals surface area contributed by atoms with Crippen molar-refractivity contribution in [1.29, 1.82) is 0 Å². The van der Waals surface area contributed by atoms with Crippen LogP contribution in [-0.2, 0) is 6.54 Å². The third-order valence-corrected chi connectivity index (χ3v) is 7.43. The molecule has 1 aromatic heterocycles. The van der Waals surface area contributed by atoms with Crippen molar-refractivity contribution in [1.82, 2.24) is 4.57 Å². The number of ether oxygens (including phenoxy) is 2. The summed E-state index contributed by atoms with van der Waals surface area (Å²) in [5, 5.41) is 2.61. The number of fused-ring (bicyclic) bond motifs is 3. The van der Waals surface area contributed by atoms with Crippen LogP contribution in [0.3, 0.4) is 0 Å². The molecule has 192 valence electrons. The number of nitrogens with zero attached hydrogens (tertiary/aromatic N) is 1. The predicted molar refractivity (Wildman–Crippen MR) is 158 cm³/mol. The molecule has 0 spiro atoms. The maximum Gasteiger partial charge on any atom is 0.198 e. The third-order valence-electron chi connectivity index (χ3n) is 6.80. The third kappa shape index (κ3) is 4.63. The summed E-state index contributed by atoms with van der Waals surface area (Å²) in [4.78, 5) is 14.2. The predicted octanol–water partition coefficient (Wildman–Crippen LogP) is 9.18. The molecule has 0 radical (unpaired) electrons. The lowest BCUT2D eigenvalue weighted by Gasteiger charge is -2.14. The van der Waals surface area contributed by atoms with Gasteiger partial charge in [-0.3, -0.25) is 4.79 Å². The number of halogens is 2. The molecule has 0 amide bonds. The molecule has 6 aromatic rings. The van der Waals surface area contributed by atoms with Crippen molar-refractivity contribution >= 4 is 50.8 Å². The Morgan fingerprint density at radius 1 is 0.718 bits per heavy atom. The first-order valence-electron chi connectivity index (χ1n) is 12.4. The molecule has 0 fully saturated rings. The molecule has 0 aliphatic carbocycles. The zero-order valence-electron chi connectivity index (χ0n) is 21.0. The fraction of sp³-hybridized carbons (Fsp3) is 0.0606. The summed E-state index contributed by atoms with van der Waals surface area (Å²) in [6.45, 7) is 0.638. The molecule has 4 nitrogen and oxygen atoms in total. The second-order valence-electron chi connectivity index (χ2n) is 9.13. The molecule has 1 heterocycles. The SMILES string of the molecule is COc1ccc(Cn2c3ccccc3c3c(C(=O)c4c(Cl)cccc4Oc4ccccc4Cl)cccc32)cc1. The molecule has 0 aliphatic heterocycles. The van der Waals surface area contributed by atoms with Gasteiger partial charge in [0.1, 0.15) is 17.2 Å². The fourth-order valence-electron chi connectivity index (χ4n) is 4.96. The first-order chi connectivity index (χ1) is 19.0. The van der Waals surface area contributed by atoms with Gasteiger partial charge < -0.3 is 14.0 Å². The van der Waals surface area contributed by atoms with Gasteiger partial charge in [0.2, 0.25) is 0 Å². The highest BCUT2D eigenvalue weighted by atomic mass is 35.5. The van der Waals surface area contributed by atoms with Crippen LogP contribution in [0.25, 0.3) is 21.8 Å². The maximum absolute atomic E-state index is 14.2. The van der Waals surface area contributed by atoms with E-state index in [9.17, 15) is 4.79 Å². The monoisotopic (exact) mass is 551 g/mol. The number of ketones is 1. The minimum absolute atomic E-state index is 0.222. The molecule has 39 heavy (non-hydrogen) atoms. The lowest BCUT2D eigenvalue weighted by molar-refractivity contribution is 0.103. The van der Waals surface area contributed by atoms with E-state index < -0.39 is 0 Å². The molecule has 0 N–H and O–H groups in total. The highest BCUT2D eigenvalue weighted by Crippen LogP contribution is 2.38. The van der Waals surface area contributed by atoms with Gasteiger partial charge in [-0.1, -0.05) is 83.9 Å².